The summed E-state index contributed by atoms with van der Waals surface area (Å²) < 4.78 is 1.75. The molecule has 0 saturated heterocycles. The van der Waals surface area contributed by atoms with Crippen LogP contribution in [-0.4, -0.2) is 37.2 Å². The normalized spacial score (nSPS) is 11.1. The molecule has 0 saturated carbocycles. The molecule has 4 aromatic heterocycles. The Kier molecular flexibility index (Phi) is 6.47. The minimum atomic E-state index is -0.109. The van der Waals surface area contributed by atoms with Crippen molar-refractivity contribution in [3.8, 4) is 17.1 Å². The first-order valence-electron chi connectivity index (χ1n) is 10.3. The number of carbonyl (C=O) groups is 1. The van der Waals surface area contributed by atoms with Crippen molar-refractivity contribution in [3.05, 3.63) is 76.8 Å². The molecule has 0 bridgehead atoms. The van der Waals surface area contributed by atoms with E-state index in [2.05, 4.69) is 44.6 Å². The summed E-state index contributed by atoms with van der Waals surface area (Å²) >= 11 is 1.64. The van der Waals surface area contributed by atoms with Crippen LogP contribution in [0.25, 0.3) is 17.1 Å². The monoisotopic (exact) mass is 432 g/mol. The van der Waals surface area contributed by atoms with Gasteiger partial charge in [-0.1, -0.05) is 19.9 Å². The lowest BCUT2D eigenvalue weighted by Gasteiger charge is -2.12. The first-order chi connectivity index (χ1) is 15.1. The van der Waals surface area contributed by atoms with E-state index in [1.807, 2.05) is 30.3 Å². The van der Waals surface area contributed by atoms with E-state index in [4.69, 9.17) is 0 Å². The van der Waals surface area contributed by atoms with Gasteiger partial charge in [0.05, 0.1) is 28.2 Å². The SMILES string of the molecule is CC(C)c1c(C(=O)NCCCc2nc(-c3ccncc3)cs2)cnn1-c1ccccn1. The van der Waals surface area contributed by atoms with Crippen LogP contribution in [0.1, 0.15) is 47.2 Å². The molecule has 4 rings (SSSR count). The summed E-state index contributed by atoms with van der Waals surface area (Å²) in [7, 11) is 0. The van der Waals surface area contributed by atoms with Gasteiger partial charge in [0.2, 0.25) is 0 Å². The van der Waals surface area contributed by atoms with Crippen molar-refractivity contribution >= 4 is 17.2 Å². The Morgan fingerprint density at radius 2 is 2.00 bits per heavy atom. The van der Waals surface area contributed by atoms with Gasteiger partial charge < -0.3 is 5.32 Å². The molecule has 0 radical (unpaired) electrons. The van der Waals surface area contributed by atoms with E-state index in [1.54, 1.807) is 40.8 Å². The van der Waals surface area contributed by atoms with Crippen LogP contribution in [0.4, 0.5) is 0 Å². The number of nitrogens with zero attached hydrogens (tertiary/aromatic N) is 5. The first-order valence-corrected chi connectivity index (χ1v) is 11.1. The molecule has 0 unspecified atom stereocenters. The van der Waals surface area contributed by atoms with Crippen LogP contribution in [0.15, 0.2) is 60.5 Å². The lowest BCUT2D eigenvalue weighted by molar-refractivity contribution is 0.0952. The lowest BCUT2D eigenvalue weighted by atomic mass is 10.1. The molecule has 0 fully saturated rings. The fraction of sp³-hybridized carbons (Fsp3) is 0.261. The highest BCUT2D eigenvalue weighted by molar-refractivity contribution is 7.09. The molecular weight excluding hydrogens is 408 g/mol. The average Bonchev–Trinajstić information content (AvgIpc) is 3.45. The van der Waals surface area contributed by atoms with Crippen molar-refractivity contribution in [3.63, 3.8) is 0 Å². The van der Waals surface area contributed by atoms with Crippen LogP contribution in [0, 0.1) is 0 Å². The molecule has 1 amide bonds. The summed E-state index contributed by atoms with van der Waals surface area (Å²) in [4.78, 5) is 25.9. The summed E-state index contributed by atoms with van der Waals surface area (Å²) in [6, 6.07) is 9.56. The smallest absolute Gasteiger partial charge is 0.254 e. The van der Waals surface area contributed by atoms with Crippen molar-refractivity contribution in [1.29, 1.82) is 0 Å². The highest BCUT2D eigenvalue weighted by atomic mass is 32.1. The summed E-state index contributed by atoms with van der Waals surface area (Å²) in [5.41, 5.74) is 3.49. The van der Waals surface area contributed by atoms with Crippen molar-refractivity contribution in [2.24, 2.45) is 0 Å². The quantitative estimate of drug-likeness (QED) is 0.420. The second-order valence-corrected chi connectivity index (χ2v) is 8.36. The molecule has 31 heavy (non-hydrogen) atoms. The van der Waals surface area contributed by atoms with Gasteiger partial charge in [0.15, 0.2) is 5.82 Å². The maximum atomic E-state index is 12.8. The molecule has 0 atom stereocenters. The van der Waals surface area contributed by atoms with E-state index in [0.29, 0.717) is 17.9 Å². The molecule has 0 aliphatic heterocycles. The second kappa shape index (κ2) is 9.61. The van der Waals surface area contributed by atoms with Gasteiger partial charge in [0, 0.05) is 42.5 Å². The third-order valence-electron chi connectivity index (χ3n) is 4.85. The molecule has 8 heteroatoms. The highest BCUT2D eigenvalue weighted by Gasteiger charge is 2.21. The van der Waals surface area contributed by atoms with Crippen LogP contribution in [0.2, 0.25) is 0 Å². The summed E-state index contributed by atoms with van der Waals surface area (Å²) in [6.45, 7) is 4.68. The standard InChI is InChI=1S/C23H24N6OS/c1-16(2)22-18(14-27-29(22)20-6-3-4-10-25-20)23(30)26-11-5-7-21-28-19(15-31-21)17-8-12-24-13-9-17/h3-4,6,8-10,12-16H,5,7,11H2,1-2H3,(H,26,30). The molecule has 0 aliphatic carbocycles. The van der Waals surface area contributed by atoms with E-state index < -0.39 is 0 Å². The predicted octanol–water partition coefficient (Wildman–Crippen LogP) is 4.27. The highest BCUT2D eigenvalue weighted by Crippen LogP contribution is 2.23. The van der Waals surface area contributed by atoms with Crippen molar-refractivity contribution < 1.29 is 4.79 Å². The zero-order valence-corrected chi connectivity index (χ0v) is 18.3. The molecule has 7 nitrogen and oxygen atoms in total. The summed E-state index contributed by atoms with van der Waals surface area (Å²) in [5, 5.41) is 10.6. The molecule has 0 spiro atoms. The number of aromatic nitrogens is 5. The third-order valence-corrected chi connectivity index (χ3v) is 5.75. The Balaban J connectivity index is 1.35. The first kappa shape index (κ1) is 20.9. The largest absolute Gasteiger partial charge is 0.352 e. The van der Waals surface area contributed by atoms with Crippen LogP contribution in [0.3, 0.4) is 0 Å². The van der Waals surface area contributed by atoms with E-state index >= 15 is 0 Å². The fourth-order valence-electron chi connectivity index (χ4n) is 3.37. The Morgan fingerprint density at radius 1 is 1.16 bits per heavy atom. The predicted molar refractivity (Wildman–Crippen MR) is 121 cm³/mol. The van der Waals surface area contributed by atoms with Gasteiger partial charge in [0.1, 0.15) is 0 Å². The molecule has 0 aromatic carbocycles. The van der Waals surface area contributed by atoms with Crippen LogP contribution in [-0.2, 0) is 6.42 Å². The molecule has 0 aliphatic rings. The Hall–Kier alpha value is -3.39. The fourth-order valence-corrected chi connectivity index (χ4v) is 4.22. The summed E-state index contributed by atoms with van der Waals surface area (Å²) in [5.74, 6) is 0.730. The summed E-state index contributed by atoms with van der Waals surface area (Å²) in [6.07, 6.45) is 8.53. The number of rotatable bonds is 8. The Labute approximate surface area is 185 Å². The Morgan fingerprint density at radius 3 is 2.74 bits per heavy atom. The number of pyridine rings is 2. The number of carbonyl (C=O) groups excluding carboxylic acids is 1. The topological polar surface area (TPSA) is 85.6 Å². The number of nitrogens with one attached hydrogen (secondary N) is 1. The van der Waals surface area contributed by atoms with Gasteiger partial charge in [0.25, 0.3) is 5.91 Å². The maximum Gasteiger partial charge on any atom is 0.254 e. The molecule has 158 valence electrons. The minimum absolute atomic E-state index is 0.109. The molecule has 4 heterocycles. The van der Waals surface area contributed by atoms with E-state index in [9.17, 15) is 4.79 Å². The Bertz CT molecular complexity index is 1140. The number of hydrogen-bond donors (Lipinski definition) is 1. The zero-order valence-electron chi connectivity index (χ0n) is 17.5. The van der Waals surface area contributed by atoms with Gasteiger partial charge in [-0.25, -0.2) is 14.6 Å². The van der Waals surface area contributed by atoms with E-state index in [1.165, 1.54) is 0 Å². The number of amides is 1. The van der Waals surface area contributed by atoms with Gasteiger partial charge in [-0.3, -0.25) is 9.78 Å². The number of thiazole rings is 1. The minimum Gasteiger partial charge on any atom is -0.352 e. The molecule has 4 aromatic rings. The van der Waals surface area contributed by atoms with E-state index in [-0.39, 0.29) is 11.8 Å². The van der Waals surface area contributed by atoms with Gasteiger partial charge in [-0.15, -0.1) is 11.3 Å². The zero-order chi connectivity index (χ0) is 21.6. The van der Waals surface area contributed by atoms with Gasteiger partial charge in [-0.2, -0.15) is 5.10 Å². The lowest BCUT2D eigenvalue weighted by Crippen LogP contribution is -2.26. The number of hydrogen-bond acceptors (Lipinski definition) is 6. The maximum absolute atomic E-state index is 12.8. The van der Waals surface area contributed by atoms with Crippen molar-refractivity contribution in [1.82, 2.24) is 30.0 Å². The van der Waals surface area contributed by atoms with Crippen molar-refractivity contribution in [2.75, 3.05) is 6.54 Å². The van der Waals surface area contributed by atoms with Gasteiger partial charge in [-0.05, 0) is 36.6 Å². The van der Waals surface area contributed by atoms with Crippen molar-refractivity contribution in [2.45, 2.75) is 32.6 Å². The molecule has 1 N–H and O–H groups in total. The number of aryl methyl sites for hydroxylation is 1. The second-order valence-electron chi connectivity index (χ2n) is 7.42. The van der Waals surface area contributed by atoms with Crippen LogP contribution < -0.4 is 5.32 Å². The van der Waals surface area contributed by atoms with Gasteiger partial charge >= 0.3 is 0 Å². The molecular formula is C23H24N6OS. The third kappa shape index (κ3) is 4.86. The van der Waals surface area contributed by atoms with Crippen LogP contribution in [0.5, 0.6) is 0 Å². The average molecular weight is 433 g/mol. The van der Waals surface area contributed by atoms with Crippen LogP contribution >= 0.6 is 11.3 Å². The van der Waals surface area contributed by atoms with E-state index in [0.717, 1.165) is 34.8 Å².